The van der Waals surface area contributed by atoms with Crippen LogP contribution in [0.1, 0.15) is 38.9 Å². The van der Waals surface area contributed by atoms with E-state index in [0.29, 0.717) is 6.54 Å². The second-order valence-electron chi connectivity index (χ2n) is 5.18. The van der Waals surface area contributed by atoms with Crippen molar-refractivity contribution in [3.05, 3.63) is 29.8 Å². The maximum atomic E-state index is 9.75. The molecule has 3 heteroatoms. The summed E-state index contributed by atoms with van der Waals surface area (Å²) >= 11 is 0. The van der Waals surface area contributed by atoms with Gasteiger partial charge in [0.1, 0.15) is 0 Å². The lowest BCUT2D eigenvalue weighted by Crippen LogP contribution is -2.36. The topological polar surface area (TPSA) is 43.7 Å². The summed E-state index contributed by atoms with van der Waals surface area (Å²) in [5, 5.41) is 19.4. The molecule has 1 unspecified atom stereocenters. The number of nitrogens with zero attached hydrogens (tertiary/aromatic N) is 1. The fourth-order valence-electron chi connectivity index (χ4n) is 1.86. The maximum absolute atomic E-state index is 9.75. The highest BCUT2D eigenvalue weighted by Crippen LogP contribution is 2.21. The van der Waals surface area contributed by atoms with Gasteiger partial charge in [0, 0.05) is 19.3 Å². The lowest BCUT2D eigenvalue weighted by Gasteiger charge is -2.27. The van der Waals surface area contributed by atoms with Gasteiger partial charge in [-0.25, -0.2) is 0 Å². The van der Waals surface area contributed by atoms with E-state index in [1.165, 1.54) is 0 Å². The molecule has 96 valence electrons. The molecule has 1 atom stereocenters. The van der Waals surface area contributed by atoms with E-state index >= 15 is 0 Å². The first kappa shape index (κ1) is 14.0. The van der Waals surface area contributed by atoms with Crippen LogP contribution in [0.15, 0.2) is 24.3 Å². The van der Waals surface area contributed by atoms with Crippen LogP contribution in [-0.4, -0.2) is 29.4 Å². The van der Waals surface area contributed by atoms with E-state index in [1.54, 1.807) is 13.8 Å². The zero-order chi connectivity index (χ0) is 13.1. The van der Waals surface area contributed by atoms with Crippen molar-refractivity contribution in [3.8, 4) is 0 Å². The molecule has 1 aromatic carbocycles. The van der Waals surface area contributed by atoms with Gasteiger partial charge in [0.25, 0.3) is 0 Å². The molecule has 0 bridgehead atoms. The lowest BCUT2D eigenvalue weighted by atomic mass is 10.1. The molecular weight excluding hydrogens is 214 g/mol. The first-order valence-electron chi connectivity index (χ1n) is 6.05. The summed E-state index contributed by atoms with van der Waals surface area (Å²) in [6.45, 7) is 6.11. The van der Waals surface area contributed by atoms with Crippen LogP contribution in [0.2, 0.25) is 0 Å². The van der Waals surface area contributed by atoms with Gasteiger partial charge in [-0.3, -0.25) is 0 Å². The Bertz CT molecular complexity index is 340. The molecule has 1 rings (SSSR count). The van der Waals surface area contributed by atoms with Gasteiger partial charge >= 0.3 is 0 Å². The summed E-state index contributed by atoms with van der Waals surface area (Å²) in [6.07, 6.45) is 0.336. The second-order valence-corrected chi connectivity index (χ2v) is 5.18. The molecule has 0 fully saturated rings. The Morgan fingerprint density at radius 3 is 2.18 bits per heavy atom. The minimum absolute atomic E-state index is 0.386. The molecule has 3 nitrogen and oxygen atoms in total. The SMILES string of the molecule is CCC(O)c1ccc(N(C)CC(C)(C)O)cc1. The van der Waals surface area contributed by atoms with Gasteiger partial charge in [-0.15, -0.1) is 0 Å². The van der Waals surface area contributed by atoms with Crippen LogP contribution in [0, 0.1) is 0 Å². The zero-order valence-electron chi connectivity index (χ0n) is 11.1. The van der Waals surface area contributed by atoms with E-state index in [1.807, 2.05) is 43.1 Å². The number of hydrogen-bond acceptors (Lipinski definition) is 3. The Balaban J connectivity index is 2.74. The molecule has 0 aliphatic heterocycles. The Morgan fingerprint density at radius 2 is 1.76 bits per heavy atom. The molecule has 0 aromatic heterocycles. The number of benzene rings is 1. The summed E-state index contributed by atoms with van der Waals surface area (Å²) < 4.78 is 0. The first-order chi connectivity index (χ1) is 7.83. The summed E-state index contributed by atoms with van der Waals surface area (Å²) in [4.78, 5) is 2.00. The highest BCUT2D eigenvalue weighted by Gasteiger charge is 2.16. The Kier molecular flexibility index (Phi) is 4.54. The van der Waals surface area contributed by atoms with Crippen molar-refractivity contribution in [2.45, 2.75) is 38.9 Å². The Labute approximate surface area is 104 Å². The number of rotatable bonds is 5. The fraction of sp³-hybridized carbons (Fsp3) is 0.571. The van der Waals surface area contributed by atoms with Crippen molar-refractivity contribution < 1.29 is 10.2 Å². The Hall–Kier alpha value is -1.06. The summed E-state index contributed by atoms with van der Waals surface area (Å²) in [7, 11) is 1.95. The van der Waals surface area contributed by atoms with Crippen LogP contribution in [0.4, 0.5) is 5.69 Å². The number of aliphatic hydroxyl groups is 2. The first-order valence-corrected chi connectivity index (χ1v) is 6.05. The molecule has 0 amide bonds. The van der Waals surface area contributed by atoms with Crippen molar-refractivity contribution in [1.82, 2.24) is 0 Å². The van der Waals surface area contributed by atoms with Crippen LogP contribution in [-0.2, 0) is 0 Å². The predicted octanol–water partition coefficient (Wildman–Crippen LogP) is 2.34. The normalized spacial score (nSPS) is 13.5. The van der Waals surface area contributed by atoms with Gasteiger partial charge in [-0.05, 0) is 38.0 Å². The molecule has 1 aromatic rings. The second kappa shape index (κ2) is 5.52. The largest absolute Gasteiger partial charge is 0.389 e. The van der Waals surface area contributed by atoms with Crippen LogP contribution in [0.3, 0.4) is 0 Å². The maximum Gasteiger partial charge on any atom is 0.0787 e. The van der Waals surface area contributed by atoms with E-state index in [0.717, 1.165) is 17.7 Å². The van der Waals surface area contributed by atoms with Gasteiger partial charge in [-0.2, -0.15) is 0 Å². The number of anilines is 1. The molecule has 0 saturated carbocycles. The molecule has 17 heavy (non-hydrogen) atoms. The Morgan fingerprint density at radius 1 is 1.24 bits per heavy atom. The highest BCUT2D eigenvalue weighted by molar-refractivity contribution is 5.47. The molecule has 2 N–H and O–H groups in total. The fourth-order valence-corrected chi connectivity index (χ4v) is 1.86. The minimum atomic E-state index is -0.712. The average molecular weight is 237 g/mol. The molecule has 0 saturated heterocycles. The molecule has 0 spiro atoms. The van der Waals surface area contributed by atoms with E-state index in [-0.39, 0.29) is 6.10 Å². The van der Waals surface area contributed by atoms with Crippen molar-refractivity contribution >= 4 is 5.69 Å². The van der Waals surface area contributed by atoms with Crippen LogP contribution >= 0.6 is 0 Å². The molecule has 0 radical (unpaired) electrons. The van der Waals surface area contributed by atoms with Gasteiger partial charge in [0.2, 0.25) is 0 Å². The zero-order valence-corrected chi connectivity index (χ0v) is 11.1. The smallest absolute Gasteiger partial charge is 0.0787 e. The van der Waals surface area contributed by atoms with Gasteiger partial charge in [0.15, 0.2) is 0 Å². The number of aliphatic hydroxyl groups excluding tert-OH is 1. The van der Waals surface area contributed by atoms with Gasteiger partial charge < -0.3 is 15.1 Å². The molecule has 0 aliphatic carbocycles. The molecular formula is C14H23NO2. The van der Waals surface area contributed by atoms with E-state index in [9.17, 15) is 10.2 Å². The van der Waals surface area contributed by atoms with Crippen molar-refractivity contribution in [3.63, 3.8) is 0 Å². The molecule has 0 aliphatic rings. The standard InChI is InChI=1S/C14H23NO2/c1-5-13(16)11-6-8-12(9-7-11)15(4)10-14(2,3)17/h6-9,13,16-17H,5,10H2,1-4H3. The van der Waals surface area contributed by atoms with Crippen molar-refractivity contribution in [1.29, 1.82) is 0 Å². The monoisotopic (exact) mass is 237 g/mol. The van der Waals surface area contributed by atoms with Crippen molar-refractivity contribution in [2.24, 2.45) is 0 Å². The van der Waals surface area contributed by atoms with Crippen molar-refractivity contribution in [2.75, 3.05) is 18.5 Å². The number of likely N-dealkylation sites (N-methyl/N-ethyl adjacent to an activating group) is 1. The third-order valence-corrected chi connectivity index (χ3v) is 2.73. The number of hydrogen-bond donors (Lipinski definition) is 2. The van der Waals surface area contributed by atoms with Crippen LogP contribution in [0.25, 0.3) is 0 Å². The minimum Gasteiger partial charge on any atom is -0.389 e. The van der Waals surface area contributed by atoms with E-state index in [4.69, 9.17) is 0 Å². The highest BCUT2D eigenvalue weighted by atomic mass is 16.3. The van der Waals surface area contributed by atoms with E-state index < -0.39 is 5.60 Å². The average Bonchev–Trinajstić information content (AvgIpc) is 2.26. The van der Waals surface area contributed by atoms with E-state index in [2.05, 4.69) is 0 Å². The lowest BCUT2D eigenvalue weighted by molar-refractivity contribution is 0.0886. The van der Waals surface area contributed by atoms with Gasteiger partial charge in [-0.1, -0.05) is 19.1 Å². The van der Waals surface area contributed by atoms with Gasteiger partial charge in [0.05, 0.1) is 11.7 Å². The van der Waals surface area contributed by atoms with Crippen LogP contribution < -0.4 is 4.90 Å². The summed E-state index contributed by atoms with van der Waals surface area (Å²) in [5.41, 5.74) is 1.27. The summed E-state index contributed by atoms with van der Waals surface area (Å²) in [6, 6.07) is 7.81. The van der Waals surface area contributed by atoms with Crippen LogP contribution in [0.5, 0.6) is 0 Å². The third kappa shape index (κ3) is 4.36. The quantitative estimate of drug-likeness (QED) is 0.826. The molecule has 0 heterocycles. The predicted molar refractivity (Wildman–Crippen MR) is 71.3 cm³/mol. The summed E-state index contributed by atoms with van der Waals surface area (Å²) in [5.74, 6) is 0. The third-order valence-electron chi connectivity index (χ3n) is 2.73.